The summed E-state index contributed by atoms with van der Waals surface area (Å²) in [6.07, 6.45) is 0.653. The van der Waals surface area contributed by atoms with Crippen LogP contribution in [0.15, 0.2) is 30.3 Å². The van der Waals surface area contributed by atoms with Crippen LogP contribution in [0.1, 0.15) is 56.9 Å². The SMILES string of the molecule is CC[C@@H](C(=O)Nc1c2c(nn1C(C)(C)C)CS(=O)(=O)C2)c1ccccc1. The molecule has 1 aliphatic rings. The number of sulfone groups is 1. The average Bonchev–Trinajstić information content (AvgIpc) is 3.02. The van der Waals surface area contributed by atoms with Crippen molar-refractivity contribution in [2.24, 2.45) is 0 Å². The van der Waals surface area contributed by atoms with Gasteiger partial charge in [0.25, 0.3) is 0 Å². The molecule has 7 heteroatoms. The highest BCUT2D eigenvalue weighted by Crippen LogP contribution is 2.35. The molecule has 1 amide bonds. The van der Waals surface area contributed by atoms with Crippen molar-refractivity contribution in [2.45, 2.75) is 57.1 Å². The molecule has 0 aliphatic carbocycles. The number of fused-ring (bicyclic) bond motifs is 1. The lowest BCUT2D eigenvalue weighted by Gasteiger charge is -2.24. The summed E-state index contributed by atoms with van der Waals surface area (Å²) >= 11 is 0. The van der Waals surface area contributed by atoms with Crippen molar-refractivity contribution in [1.29, 1.82) is 0 Å². The van der Waals surface area contributed by atoms with Gasteiger partial charge in [0.05, 0.1) is 28.7 Å². The van der Waals surface area contributed by atoms with Gasteiger partial charge in [-0.25, -0.2) is 13.1 Å². The normalized spacial score (nSPS) is 16.9. The molecular formula is C19H25N3O3S. The van der Waals surface area contributed by atoms with Crippen LogP contribution in [0.3, 0.4) is 0 Å². The summed E-state index contributed by atoms with van der Waals surface area (Å²) < 4.78 is 25.7. The Morgan fingerprint density at radius 3 is 2.46 bits per heavy atom. The summed E-state index contributed by atoms with van der Waals surface area (Å²) in [7, 11) is -3.19. The Kier molecular flexibility index (Phi) is 4.69. The fraction of sp³-hybridized carbons (Fsp3) is 0.474. The minimum absolute atomic E-state index is 0.0653. The second-order valence-corrected chi connectivity index (χ2v) is 9.81. The maximum absolute atomic E-state index is 13.0. The van der Waals surface area contributed by atoms with Gasteiger partial charge in [-0.3, -0.25) is 4.79 Å². The van der Waals surface area contributed by atoms with Crippen molar-refractivity contribution in [1.82, 2.24) is 9.78 Å². The van der Waals surface area contributed by atoms with Gasteiger partial charge in [0, 0.05) is 5.56 Å². The molecule has 0 fully saturated rings. The second-order valence-electron chi connectivity index (χ2n) is 7.75. The summed E-state index contributed by atoms with van der Waals surface area (Å²) in [6.45, 7) is 7.91. The maximum atomic E-state index is 13.0. The lowest BCUT2D eigenvalue weighted by Crippen LogP contribution is -2.29. The lowest BCUT2D eigenvalue weighted by atomic mass is 9.95. The third-order valence-corrected chi connectivity index (χ3v) is 6.03. The molecule has 1 aromatic heterocycles. The van der Waals surface area contributed by atoms with Crippen LogP contribution in [-0.4, -0.2) is 24.1 Å². The van der Waals surface area contributed by atoms with Gasteiger partial charge < -0.3 is 5.32 Å². The highest BCUT2D eigenvalue weighted by Gasteiger charge is 2.35. The topological polar surface area (TPSA) is 81.1 Å². The number of rotatable bonds is 4. The van der Waals surface area contributed by atoms with Crippen LogP contribution in [0.4, 0.5) is 5.82 Å². The number of hydrogen-bond donors (Lipinski definition) is 1. The highest BCUT2D eigenvalue weighted by atomic mass is 32.2. The molecule has 2 heterocycles. The van der Waals surface area contributed by atoms with Gasteiger partial charge in [-0.15, -0.1) is 0 Å². The molecule has 0 saturated heterocycles. The first kappa shape index (κ1) is 18.6. The van der Waals surface area contributed by atoms with E-state index in [4.69, 9.17) is 0 Å². The summed E-state index contributed by atoms with van der Waals surface area (Å²) in [6, 6.07) is 9.61. The van der Waals surface area contributed by atoms with Crippen LogP contribution in [0.5, 0.6) is 0 Å². The Labute approximate surface area is 154 Å². The van der Waals surface area contributed by atoms with E-state index < -0.39 is 9.84 Å². The van der Waals surface area contributed by atoms with Crippen LogP contribution in [0.2, 0.25) is 0 Å². The first-order chi connectivity index (χ1) is 12.1. The number of nitrogens with zero attached hydrogens (tertiary/aromatic N) is 2. The molecule has 0 radical (unpaired) electrons. The largest absolute Gasteiger partial charge is 0.310 e. The third-order valence-electron chi connectivity index (χ3n) is 4.59. The Hall–Kier alpha value is -2.15. The van der Waals surface area contributed by atoms with E-state index in [1.54, 1.807) is 4.68 Å². The van der Waals surface area contributed by atoms with Gasteiger partial charge in [0.1, 0.15) is 5.82 Å². The number of anilines is 1. The first-order valence-electron chi connectivity index (χ1n) is 8.80. The lowest BCUT2D eigenvalue weighted by molar-refractivity contribution is -0.117. The molecule has 1 aliphatic heterocycles. The summed E-state index contributed by atoms with van der Waals surface area (Å²) in [4.78, 5) is 13.0. The quantitative estimate of drug-likeness (QED) is 0.890. The molecule has 2 aromatic rings. The van der Waals surface area contributed by atoms with Gasteiger partial charge in [-0.1, -0.05) is 37.3 Å². The summed E-state index contributed by atoms with van der Waals surface area (Å²) in [5.74, 6) is -0.0716. The van der Waals surface area contributed by atoms with Gasteiger partial charge in [-0.2, -0.15) is 5.10 Å². The zero-order valence-corrected chi connectivity index (χ0v) is 16.4. The van der Waals surface area contributed by atoms with E-state index in [2.05, 4.69) is 10.4 Å². The first-order valence-corrected chi connectivity index (χ1v) is 10.6. The number of benzene rings is 1. The van der Waals surface area contributed by atoms with Gasteiger partial charge in [-0.05, 0) is 32.8 Å². The molecule has 1 aromatic carbocycles. The van der Waals surface area contributed by atoms with E-state index in [9.17, 15) is 13.2 Å². The summed E-state index contributed by atoms with van der Waals surface area (Å²) in [5, 5.41) is 7.47. The molecule has 3 rings (SSSR count). The number of carbonyl (C=O) groups excluding carboxylic acids is 1. The van der Waals surface area contributed by atoms with Crippen LogP contribution < -0.4 is 5.32 Å². The van der Waals surface area contributed by atoms with E-state index in [0.717, 1.165) is 5.56 Å². The molecule has 26 heavy (non-hydrogen) atoms. The van der Waals surface area contributed by atoms with Gasteiger partial charge >= 0.3 is 0 Å². The molecule has 0 unspecified atom stereocenters. The molecule has 6 nitrogen and oxygen atoms in total. The van der Waals surface area contributed by atoms with E-state index in [-0.39, 0.29) is 28.9 Å². The van der Waals surface area contributed by atoms with E-state index in [0.29, 0.717) is 23.5 Å². The highest BCUT2D eigenvalue weighted by molar-refractivity contribution is 7.90. The molecule has 0 bridgehead atoms. The van der Waals surface area contributed by atoms with Crippen molar-refractivity contribution >= 4 is 21.6 Å². The number of nitrogens with one attached hydrogen (secondary N) is 1. The van der Waals surface area contributed by atoms with Crippen molar-refractivity contribution < 1.29 is 13.2 Å². The zero-order valence-electron chi connectivity index (χ0n) is 15.6. The molecular weight excluding hydrogens is 350 g/mol. The Bertz CT molecular complexity index is 925. The van der Waals surface area contributed by atoms with Crippen molar-refractivity contribution in [3.8, 4) is 0 Å². The molecule has 140 valence electrons. The fourth-order valence-electron chi connectivity index (χ4n) is 3.32. The van der Waals surface area contributed by atoms with Crippen LogP contribution >= 0.6 is 0 Å². The standard InChI is InChI=1S/C19H25N3O3S/c1-5-14(13-9-7-6-8-10-13)18(23)20-17-15-11-26(24,25)12-16(15)21-22(17)19(2,3)4/h6-10,14H,5,11-12H2,1-4H3,(H,20,23)/t14-/m1/s1. The molecule has 0 spiro atoms. The Morgan fingerprint density at radius 1 is 1.23 bits per heavy atom. The van der Waals surface area contributed by atoms with E-state index >= 15 is 0 Å². The second kappa shape index (κ2) is 6.54. The zero-order chi connectivity index (χ0) is 19.1. The molecule has 0 saturated carbocycles. The Morgan fingerprint density at radius 2 is 1.88 bits per heavy atom. The molecule has 1 atom stereocenters. The predicted molar refractivity (Wildman–Crippen MR) is 102 cm³/mol. The van der Waals surface area contributed by atoms with Crippen molar-refractivity contribution in [3.63, 3.8) is 0 Å². The maximum Gasteiger partial charge on any atom is 0.233 e. The monoisotopic (exact) mass is 375 g/mol. The number of aromatic nitrogens is 2. The smallest absolute Gasteiger partial charge is 0.233 e. The molecule has 1 N–H and O–H groups in total. The van der Waals surface area contributed by atoms with Crippen molar-refractivity contribution in [2.75, 3.05) is 5.32 Å². The minimum atomic E-state index is -3.19. The van der Waals surface area contributed by atoms with Gasteiger partial charge in [0.15, 0.2) is 9.84 Å². The Balaban J connectivity index is 1.98. The third kappa shape index (κ3) is 3.53. The van der Waals surface area contributed by atoms with E-state index in [1.807, 2.05) is 58.0 Å². The minimum Gasteiger partial charge on any atom is -0.310 e. The fourth-order valence-corrected chi connectivity index (χ4v) is 4.81. The van der Waals surface area contributed by atoms with Crippen LogP contribution in [0, 0.1) is 0 Å². The number of carbonyl (C=O) groups is 1. The number of amides is 1. The summed E-state index contributed by atoms with van der Waals surface area (Å²) in [5.41, 5.74) is 1.74. The number of hydrogen-bond acceptors (Lipinski definition) is 4. The average molecular weight is 375 g/mol. The van der Waals surface area contributed by atoms with Crippen LogP contribution in [-0.2, 0) is 31.7 Å². The van der Waals surface area contributed by atoms with Gasteiger partial charge in [0.2, 0.25) is 5.91 Å². The van der Waals surface area contributed by atoms with E-state index in [1.165, 1.54) is 0 Å². The predicted octanol–water partition coefficient (Wildman–Crippen LogP) is 3.20. The van der Waals surface area contributed by atoms with Crippen molar-refractivity contribution in [3.05, 3.63) is 47.2 Å². The van der Waals surface area contributed by atoms with Crippen LogP contribution in [0.25, 0.3) is 0 Å².